The minimum atomic E-state index is -0.438. The van der Waals surface area contributed by atoms with E-state index in [9.17, 15) is 15.0 Å². The summed E-state index contributed by atoms with van der Waals surface area (Å²) in [6, 6.07) is 11.3. The van der Waals surface area contributed by atoms with Gasteiger partial charge in [-0.05, 0) is 45.1 Å². The van der Waals surface area contributed by atoms with Crippen molar-refractivity contribution in [2.24, 2.45) is 11.8 Å². The highest BCUT2D eigenvalue weighted by Crippen LogP contribution is 2.49. The van der Waals surface area contributed by atoms with Gasteiger partial charge >= 0.3 is 0 Å². The van der Waals surface area contributed by atoms with Gasteiger partial charge in [0.15, 0.2) is 17.3 Å². The molecule has 0 spiro atoms. The number of aromatic hydroxyl groups is 2. The first-order valence-corrected chi connectivity index (χ1v) is 10.9. The molecule has 0 unspecified atom stereocenters. The number of hydrogen-bond acceptors (Lipinski definition) is 5. The molecule has 0 saturated heterocycles. The fraction of sp³-hybridized carbons (Fsp3) is 0.370. The number of methoxy groups -OCH3 is 2. The molecule has 2 N–H and O–H groups in total. The van der Waals surface area contributed by atoms with Gasteiger partial charge in [-0.3, -0.25) is 4.79 Å². The van der Waals surface area contributed by atoms with Crippen LogP contribution in [-0.4, -0.2) is 30.2 Å². The molecule has 3 rings (SSSR count). The van der Waals surface area contributed by atoms with Crippen LogP contribution in [0.4, 0.5) is 0 Å². The molecule has 0 aromatic heterocycles. The molecule has 32 heavy (non-hydrogen) atoms. The van der Waals surface area contributed by atoms with Crippen molar-refractivity contribution in [3.8, 4) is 23.0 Å². The van der Waals surface area contributed by atoms with Crippen LogP contribution in [0.1, 0.15) is 55.5 Å². The van der Waals surface area contributed by atoms with Gasteiger partial charge in [0, 0.05) is 17.9 Å². The molecule has 1 aliphatic carbocycles. The number of ether oxygens (including phenoxy) is 2. The largest absolute Gasteiger partial charge is 0.507 e. The third-order valence-corrected chi connectivity index (χ3v) is 6.32. The van der Waals surface area contributed by atoms with Crippen molar-refractivity contribution in [1.29, 1.82) is 0 Å². The summed E-state index contributed by atoms with van der Waals surface area (Å²) in [5, 5.41) is 21.5. The van der Waals surface area contributed by atoms with Crippen molar-refractivity contribution in [2.75, 3.05) is 14.2 Å². The highest BCUT2D eigenvalue weighted by Gasteiger charge is 2.40. The molecule has 5 nitrogen and oxygen atoms in total. The normalized spacial score (nSPS) is 20.3. The lowest BCUT2D eigenvalue weighted by atomic mass is 9.65. The molecule has 170 valence electrons. The van der Waals surface area contributed by atoms with Gasteiger partial charge in [-0.1, -0.05) is 53.6 Å². The average Bonchev–Trinajstić information content (AvgIpc) is 2.77. The number of rotatable bonds is 7. The smallest absolute Gasteiger partial charge is 0.204 e. The fourth-order valence-electron chi connectivity index (χ4n) is 4.67. The quantitative estimate of drug-likeness (QED) is 0.410. The summed E-state index contributed by atoms with van der Waals surface area (Å²) < 4.78 is 10.4. The molecule has 0 fully saturated rings. The molecule has 2 aromatic carbocycles. The molecule has 2 aromatic rings. The SMILES string of the molecule is COc1cc(O)c(C(=O)[C@@H]2CC=C(C)[C@H](CC=C(C)C)[C@H]2c2ccccc2)c(O)c1OC. The third-order valence-electron chi connectivity index (χ3n) is 6.32. The molecular weight excluding hydrogens is 404 g/mol. The molecule has 0 aliphatic heterocycles. The summed E-state index contributed by atoms with van der Waals surface area (Å²) in [5.74, 6) is -1.20. The van der Waals surface area contributed by atoms with E-state index in [-0.39, 0.29) is 40.4 Å². The number of carbonyl (C=O) groups is 1. The number of ketones is 1. The maximum atomic E-state index is 13.8. The first kappa shape index (κ1) is 23.5. The van der Waals surface area contributed by atoms with Crippen LogP contribution in [0.3, 0.4) is 0 Å². The molecule has 3 atom stereocenters. The molecule has 0 heterocycles. The van der Waals surface area contributed by atoms with E-state index >= 15 is 0 Å². The first-order chi connectivity index (χ1) is 15.3. The zero-order valence-corrected chi connectivity index (χ0v) is 19.4. The van der Waals surface area contributed by atoms with Gasteiger partial charge in [0.25, 0.3) is 0 Å². The minimum Gasteiger partial charge on any atom is -0.507 e. The number of carbonyl (C=O) groups excluding carboxylic acids is 1. The van der Waals surface area contributed by atoms with Gasteiger partial charge in [-0.15, -0.1) is 0 Å². The van der Waals surface area contributed by atoms with Crippen LogP contribution in [0.2, 0.25) is 0 Å². The summed E-state index contributed by atoms with van der Waals surface area (Å²) in [6.45, 7) is 6.26. The highest BCUT2D eigenvalue weighted by atomic mass is 16.5. The lowest BCUT2D eigenvalue weighted by Crippen LogP contribution is -2.31. The maximum absolute atomic E-state index is 13.8. The summed E-state index contributed by atoms with van der Waals surface area (Å²) in [7, 11) is 2.80. The van der Waals surface area contributed by atoms with Crippen LogP contribution in [0, 0.1) is 11.8 Å². The van der Waals surface area contributed by atoms with Crippen molar-refractivity contribution in [2.45, 2.75) is 39.5 Å². The second-order valence-corrected chi connectivity index (χ2v) is 8.57. The van der Waals surface area contributed by atoms with Crippen LogP contribution >= 0.6 is 0 Å². The van der Waals surface area contributed by atoms with Crippen LogP contribution < -0.4 is 9.47 Å². The number of hydrogen-bond donors (Lipinski definition) is 2. The summed E-state index contributed by atoms with van der Waals surface area (Å²) >= 11 is 0. The maximum Gasteiger partial charge on any atom is 0.204 e. The van der Waals surface area contributed by atoms with Crippen molar-refractivity contribution in [3.63, 3.8) is 0 Å². The lowest BCUT2D eigenvalue weighted by Gasteiger charge is -2.37. The second-order valence-electron chi connectivity index (χ2n) is 8.57. The molecule has 0 saturated carbocycles. The summed E-state index contributed by atoms with van der Waals surface area (Å²) in [5.41, 5.74) is 3.43. The number of allylic oxidation sites excluding steroid dienone is 4. The Labute approximate surface area is 190 Å². The zero-order valence-electron chi connectivity index (χ0n) is 19.4. The van der Waals surface area contributed by atoms with E-state index in [1.807, 2.05) is 30.3 Å². The van der Waals surface area contributed by atoms with Crippen molar-refractivity contribution in [1.82, 2.24) is 0 Å². The van der Waals surface area contributed by atoms with Gasteiger partial charge in [-0.25, -0.2) is 0 Å². The van der Waals surface area contributed by atoms with E-state index in [0.29, 0.717) is 6.42 Å². The Hall–Kier alpha value is -3.21. The summed E-state index contributed by atoms with van der Waals surface area (Å²) in [6.07, 6.45) is 5.66. The topological polar surface area (TPSA) is 76.0 Å². The molecule has 0 radical (unpaired) electrons. The summed E-state index contributed by atoms with van der Waals surface area (Å²) in [4.78, 5) is 13.8. The van der Waals surface area contributed by atoms with Gasteiger partial charge < -0.3 is 19.7 Å². The predicted molar refractivity (Wildman–Crippen MR) is 126 cm³/mol. The fourth-order valence-corrected chi connectivity index (χ4v) is 4.67. The Bertz CT molecular complexity index is 1030. The Morgan fingerprint density at radius 1 is 1.12 bits per heavy atom. The standard InChI is InChI=1S/C27H32O5/c1-16(2)11-13-19-17(3)12-14-20(23(19)18-9-7-6-8-10-18)25(29)24-21(28)15-22(31-4)27(32-5)26(24)30/h6-12,15,19-20,23,28,30H,13-14H2,1-5H3/t19-,20+,23+/m0/s1. The molecule has 1 aliphatic rings. The number of phenolic OH excluding ortho intramolecular Hbond substituents is 2. The molecule has 5 heteroatoms. The van der Waals surface area contributed by atoms with E-state index in [2.05, 4.69) is 32.9 Å². The highest BCUT2D eigenvalue weighted by molar-refractivity contribution is 6.04. The predicted octanol–water partition coefficient (Wildman–Crippen LogP) is 6.02. The van der Waals surface area contributed by atoms with E-state index in [1.165, 1.54) is 31.4 Å². The van der Waals surface area contributed by atoms with E-state index in [1.54, 1.807) is 0 Å². The lowest BCUT2D eigenvalue weighted by molar-refractivity contribution is 0.0871. The third kappa shape index (κ3) is 4.52. The Morgan fingerprint density at radius 2 is 1.81 bits per heavy atom. The number of benzene rings is 2. The van der Waals surface area contributed by atoms with Crippen LogP contribution in [0.15, 0.2) is 59.7 Å². The minimum absolute atomic E-state index is 0.0357. The molecule has 0 bridgehead atoms. The van der Waals surface area contributed by atoms with Crippen LogP contribution in [0.5, 0.6) is 23.0 Å². The Kier molecular flexibility index (Phi) is 7.29. The van der Waals surface area contributed by atoms with Crippen LogP contribution in [-0.2, 0) is 0 Å². The Balaban J connectivity index is 2.13. The van der Waals surface area contributed by atoms with Gasteiger partial charge in [0.2, 0.25) is 5.75 Å². The van der Waals surface area contributed by atoms with E-state index < -0.39 is 11.7 Å². The second kappa shape index (κ2) is 9.94. The number of phenols is 2. The number of Topliss-reactive ketones (excluding diaryl/α,β-unsaturated/α-hetero) is 1. The van der Waals surface area contributed by atoms with Crippen molar-refractivity contribution < 1.29 is 24.5 Å². The van der Waals surface area contributed by atoms with Crippen molar-refractivity contribution >= 4 is 5.78 Å². The molecular formula is C27H32O5. The van der Waals surface area contributed by atoms with Crippen LogP contribution in [0.25, 0.3) is 0 Å². The molecule has 0 amide bonds. The monoisotopic (exact) mass is 436 g/mol. The van der Waals surface area contributed by atoms with E-state index in [4.69, 9.17) is 9.47 Å². The van der Waals surface area contributed by atoms with Gasteiger partial charge in [-0.2, -0.15) is 0 Å². The average molecular weight is 437 g/mol. The Morgan fingerprint density at radius 3 is 2.41 bits per heavy atom. The first-order valence-electron chi connectivity index (χ1n) is 10.9. The van der Waals surface area contributed by atoms with Gasteiger partial charge in [0.05, 0.1) is 14.2 Å². The van der Waals surface area contributed by atoms with Crippen molar-refractivity contribution in [3.05, 3.63) is 70.8 Å². The zero-order chi connectivity index (χ0) is 23.4. The van der Waals surface area contributed by atoms with Gasteiger partial charge in [0.1, 0.15) is 11.3 Å². The van der Waals surface area contributed by atoms with E-state index in [0.717, 1.165) is 12.0 Å².